The molecule has 142 valence electrons. The molecule has 2 aromatic heterocycles. The topological polar surface area (TPSA) is 71.2 Å². The molecule has 26 heavy (non-hydrogen) atoms. The van der Waals surface area contributed by atoms with Crippen LogP contribution in [0.5, 0.6) is 0 Å². The van der Waals surface area contributed by atoms with Crippen LogP contribution >= 0.6 is 11.8 Å². The van der Waals surface area contributed by atoms with Gasteiger partial charge in [-0.3, -0.25) is 4.90 Å². The number of rotatable bonds is 6. The summed E-state index contributed by atoms with van der Waals surface area (Å²) in [6.45, 7) is 7.55. The van der Waals surface area contributed by atoms with E-state index < -0.39 is 6.43 Å². The molecule has 0 amide bonds. The molecule has 1 aliphatic heterocycles. The van der Waals surface area contributed by atoms with Crippen molar-refractivity contribution in [1.29, 1.82) is 0 Å². The Labute approximate surface area is 155 Å². The van der Waals surface area contributed by atoms with Crippen molar-refractivity contribution < 1.29 is 13.3 Å². The van der Waals surface area contributed by atoms with Crippen LogP contribution in [0, 0.1) is 0 Å². The lowest BCUT2D eigenvalue weighted by atomic mass is 10.2. The zero-order valence-electron chi connectivity index (χ0n) is 15.0. The second-order valence-corrected chi connectivity index (χ2v) is 7.18. The Balaban J connectivity index is 1.62. The molecule has 0 aromatic carbocycles. The summed E-state index contributed by atoms with van der Waals surface area (Å²) in [6, 6.07) is 1.38. The number of nitrogens with zero attached hydrogens (tertiary/aromatic N) is 6. The number of piperazine rings is 1. The van der Waals surface area contributed by atoms with E-state index in [1.54, 1.807) is 6.26 Å². The zero-order valence-corrected chi connectivity index (χ0v) is 15.8. The standard InChI is InChI=1S/C16H22F2N6OS/c1-10(2)15-21-13(25-22-15)9-23-4-6-24(7-5-23)12-8-11(14(17)18)19-16(20-12)26-3/h8,10,14H,4-7,9H2,1-3H3. The number of halogens is 2. The van der Waals surface area contributed by atoms with Crippen molar-refractivity contribution in [2.24, 2.45) is 0 Å². The number of alkyl halides is 2. The molecule has 1 fully saturated rings. The normalized spacial score (nSPS) is 16.0. The van der Waals surface area contributed by atoms with E-state index in [0.29, 0.717) is 42.3 Å². The van der Waals surface area contributed by atoms with E-state index in [4.69, 9.17) is 4.52 Å². The SMILES string of the molecule is CSc1nc(C(F)F)cc(N2CCN(Cc3nc(C(C)C)no3)CC2)n1. The molecule has 3 heterocycles. The predicted molar refractivity (Wildman–Crippen MR) is 94.6 cm³/mol. The largest absolute Gasteiger partial charge is 0.354 e. The molecule has 0 radical (unpaired) electrons. The minimum absolute atomic E-state index is 0.228. The van der Waals surface area contributed by atoms with Gasteiger partial charge in [-0.15, -0.1) is 0 Å². The van der Waals surface area contributed by atoms with Crippen LogP contribution in [0.2, 0.25) is 0 Å². The summed E-state index contributed by atoms with van der Waals surface area (Å²) in [5.74, 6) is 2.11. The summed E-state index contributed by atoms with van der Waals surface area (Å²) < 4.78 is 31.4. The van der Waals surface area contributed by atoms with E-state index in [1.807, 2.05) is 18.7 Å². The number of thioether (sulfide) groups is 1. The average Bonchev–Trinajstić information content (AvgIpc) is 3.10. The van der Waals surface area contributed by atoms with Gasteiger partial charge in [0.15, 0.2) is 11.0 Å². The number of aromatic nitrogens is 4. The number of hydrogen-bond acceptors (Lipinski definition) is 8. The third-order valence-corrected chi connectivity index (χ3v) is 4.72. The van der Waals surface area contributed by atoms with Gasteiger partial charge in [0.05, 0.1) is 6.54 Å². The highest BCUT2D eigenvalue weighted by Gasteiger charge is 2.22. The van der Waals surface area contributed by atoms with Gasteiger partial charge in [-0.25, -0.2) is 18.7 Å². The Morgan fingerprint density at radius 3 is 2.46 bits per heavy atom. The van der Waals surface area contributed by atoms with Gasteiger partial charge in [0.2, 0.25) is 5.89 Å². The first-order chi connectivity index (χ1) is 12.5. The van der Waals surface area contributed by atoms with Gasteiger partial charge in [-0.1, -0.05) is 30.8 Å². The molecule has 3 rings (SSSR count). The number of hydrogen-bond donors (Lipinski definition) is 0. The van der Waals surface area contributed by atoms with Crippen molar-refractivity contribution in [3.8, 4) is 0 Å². The molecule has 10 heteroatoms. The van der Waals surface area contributed by atoms with E-state index in [-0.39, 0.29) is 11.6 Å². The molecule has 0 saturated carbocycles. The molecule has 0 aliphatic carbocycles. The van der Waals surface area contributed by atoms with Gasteiger partial charge in [0.25, 0.3) is 6.43 Å². The molecule has 1 aliphatic rings. The molecule has 0 spiro atoms. The molecule has 1 saturated heterocycles. The molecular weight excluding hydrogens is 362 g/mol. The fourth-order valence-electron chi connectivity index (χ4n) is 2.69. The third-order valence-electron chi connectivity index (χ3n) is 4.17. The van der Waals surface area contributed by atoms with Gasteiger partial charge in [-0.2, -0.15) is 4.98 Å². The van der Waals surface area contributed by atoms with Crippen LogP contribution in [0.4, 0.5) is 14.6 Å². The van der Waals surface area contributed by atoms with Crippen molar-refractivity contribution in [2.75, 3.05) is 37.3 Å². The van der Waals surface area contributed by atoms with Crippen LogP contribution in [0.15, 0.2) is 15.7 Å². The van der Waals surface area contributed by atoms with Crippen LogP contribution in [0.25, 0.3) is 0 Å². The Morgan fingerprint density at radius 2 is 1.88 bits per heavy atom. The minimum Gasteiger partial charge on any atom is -0.354 e. The smallest absolute Gasteiger partial charge is 0.280 e. The lowest BCUT2D eigenvalue weighted by molar-refractivity contribution is 0.145. The van der Waals surface area contributed by atoms with Gasteiger partial charge >= 0.3 is 0 Å². The highest BCUT2D eigenvalue weighted by molar-refractivity contribution is 7.98. The highest BCUT2D eigenvalue weighted by atomic mass is 32.2. The number of anilines is 1. The average molecular weight is 384 g/mol. The maximum absolute atomic E-state index is 13.0. The fraction of sp³-hybridized carbons (Fsp3) is 0.625. The molecule has 7 nitrogen and oxygen atoms in total. The fourth-order valence-corrected chi connectivity index (χ4v) is 3.07. The Kier molecular flexibility index (Phi) is 6.02. The molecule has 0 bridgehead atoms. The zero-order chi connectivity index (χ0) is 18.7. The van der Waals surface area contributed by atoms with Crippen LogP contribution in [0.1, 0.15) is 43.6 Å². The second kappa shape index (κ2) is 8.26. The van der Waals surface area contributed by atoms with Gasteiger partial charge in [0.1, 0.15) is 11.5 Å². The van der Waals surface area contributed by atoms with Crippen LogP contribution in [-0.2, 0) is 6.54 Å². The van der Waals surface area contributed by atoms with Crippen molar-refractivity contribution in [3.63, 3.8) is 0 Å². The maximum Gasteiger partial charge on any atom is 0.280 e. The first kappa shape index (κ1) is 19.0. The van der Waals surface area contributed by atoms with E-state index in [9.17, 15) is 8.78 Å². The maximum atomic E-state index is 13.0. The summed E-state index contributed by atoms with van der Waals surface area (Å²) in [6.07, 6.45) is -0.820. The van der Waals surface area contributed by atoms with E-state index in [2.05, 4.69) is 25.0 Å². The highest BCUT2D eigenvalue weighted by Crippen LogP contribution is 2.25. The molecular formula is C16H22F2N6OS. The van der Waals surface area contributed by atoms with Crippen LogP contribution in [0.3, 0.4) is 0 Å². The predicted octanol–water partition coefficient (Wildman–Crippen LogP) is 2.96. The van der Waals surface area contributed by atoms with Crippen molar-refractivity contribution in [3.05, 3.63) is 23.5 Å². The minimum atomic E-state index is -2.60. The summed E-state index contributed by atoms with van der Waals surface area (Å²) in [7, 11) is 0. The van der Waals surface area contributed by atoms with Gasteiger partial charge in [0, 0.05) is 38.2 Å². The van der Waals surface area contributed by atoms with Crippen molar-refractivity contribution in [2.45, 2.75) is 37.9 Å². The molecule has 0 N–H and O–H groups in total. The summed E-state index contributed by atoms with van der Waals surface area (Å²) >= 11 is 1.27. The van der Waals surface area contributed by atoms with E-state index >= 15 is 0 Å². The van der Waals surface area contributed by atoms with Gasteiger partial charge < -0.3 is 9.42 Å². The van der Waals surface area contributed by atoms with Crippen LogP contribution in [-0.4, -0.2) is 57.4 Å². The summed E-state index contributed by atoms with van der Waals surface area (Å²) in [4.78, 5) is 16.9. The quantitative estimate of drug-likeness (QED) is 0.556. The lowest BCUT2D eigenvalue weighted by Gasteiger charge is -2.34. The Hall–Kier alpha value is -1.81. The third kappa shape index (κ3) is 4.47. The Morgan fingerprint density at radius 1 is 1.15 bits per heavy atom. The lowest BCUT2D eigenvalue weighted by Crippen LogP contribution is -2.46. The molecule has 0 unspecified atom stereocenters. The van der Waals surface area contributed by atoms with Crippen LogP contribution < -0.4 is 4.90 Å². The van der Waals surface area contributed by atoms with Crippen molar-refractivity contribution in [1.82, 2.24) is 25.0 Å². The van der Waals surface area contributed by atoms with Crippen molar-refractivity contribution >= 4 is 17.6 Å². The molecule has 2 aromatic rings. The molecule has 0 atom stereocenters. The second-order valence-electron chi connectivity index (χ2n) is 6.40. The Bertz CT molecular complexity index is 733. The first-order valence-electron chi connectivity index (χ1n) is 8.47. The summed E-state index contributed by atoms with van der Waals surface area (Å²) in [5, 5.41) is 4.34. The monoisotopic (exact) mass is 384 g/mol. The van der Waals surface area contributed by atoms with Gasteiger partial charge in [-0.05, 0) is 6.26 Å². The van der Waals surface area contributed by atoms with E-state index in [0.717, 1.165) is 13.1 Å². The first-order valence-corrected chi connectivity index (χ1v) is 9.69. The van der Waals surface area contributed by atoms with E-state index in [1.165, 1.54) is 17.8 Å². The summed E-state index contributed by atoms with van der Waals surface area (Å²) in [5.41, 5.74) is -0.228.